The molecule has 1 aromatic heterocycles. The molecule has 2 aromatic rings. The van der Waals surface area contributed by atoms with E-state index in [1.54, 1.807) is 49.5 Å². The van der Waals surface area contributed by atoms with Gasteiger partial charge in [0.2, 0.25) is 0 Å². The molecule has 2 rings (SSSR count). The molecule has 5 heteroatoms. The summed E-state index contributed by atoms with van der Waals surface area (Å²) in [4.78, 5) is 0. The minimum atomic E-state index is -0.699. The van der Waals surface area contributed by atoms with Crippen molar-refractivity contribution in [2.45, 2.75) is 12.6 Å². The molecule has 1 aromatic carbocycles. The molecule has 0 fully saturated rings. The first kappa shape index (κ1) is 12.4. The molecule has 1 heterocycles. The van der Waals surface area contributed by atoms with Gasteiger partial charge in [0, 0.05) is 18.0 Å². The molecule has 0 radical (unpaired) electrons. The number of hydrogen-bond acceptors (Lipinski definition) is 4. The molecule has 1 unspecified atom stereocenters. The third-order valence-corrected chi connectivity index (χ3v) is 2.72. The van der Waals surface area contributed by atoms with Gasteiger partial charge in [-0.05, 0) is 24.3 Å². The summed E-state index contributed by atoms with van der Waals surface area (Å²) in [6.07, 6.45) is 2.78. The Morgan fingerprint density at radius 3 is 2.78 bits per heavy atom. The summed E-state index contributed by atoms with van der Waals surface area (Å²) in [6.45, 7) is 0.372. The molecule has 0 amide bonds. The third kappa shape index (κ3) is 2.62. The maximum atomic E-state index is 10.2. The first-order valence-electron chi connectivity index (χ1n) is 5.62. The molecule has 1 N–H and O–H groups in total. The average molecular weight is 248 g/mol. The quantitative estimate of drug-likeness (QED) is 0.873. The van der Waals surface area contributed by atoms with Crippen LogP contribution in [0.25, 0.3) is 0 Å². The molecule has 0 bridgehead atoms. The number of hydrogen-bond donors (Lipinski definition) is 1. The minimum absolute atomic E-state index is 0.372. The van der Waals surface area contributed by atoms with Gasteiger partial charge in [-0.15, -0.1) is 0 Å². The van der Waals surface area contributed by atoms with E-state index in [9.17, 15) is 5.11 Å². The summed E-state index contributed by atoms with van der Waals surface area (Å²) in [5, 5.41) is 14.3. The highest BCUT2D eigenvalue weighted by Gasteiger charge is 2.15. The van der Waals surface area contributed by atoms with Crippen molar-refractivity contribution in [2.75, 3.05) is 14.2 Å². The molecule has 0 aliphatic carbocycles. The fourth-order valence-corrected chi connectivity index (χ4v) is 1.78. The molecule has 1 atom stereocenters. The maximum Gasteiger partial charge on any atom is 0.125 e. The second-order valence-electron chi connectivity index (χ2n) is 3.85. The van der Waals surface area contributed by atoms with Gasteiger partial charge in [-0.3, -0.25) is 4.68 Å². The number of rotatable bonds is 5. The van der Waals surface area contributed by atoms with Crippen LogP contribution in [-0.2, 0) is 6.54 Å². The summed E-state index contributed by atoms with van der Waals surface area (Å²) in [7, 11) is 3.16. The second-order valence-corrected chi connectivity index (χ2v) is 3.85. The molecule has 0 saturated heterocycles. The predicted octanol–water partition coefficient (Wildman–Crippen LogP) is 1.63. The highest BCUT2D eigenvalue weighted by molar-refractivity contribution is 5.41. The lowest BCUT2D eigenvalue weighted by molar-refractivity contribution is 0.147. The lowest BCUT2D eigenvalue weighted by Gasteiger charge is -2.16. The van der Waals surface area contributed by atoms with Crippen molar-refractivity contribution in [3.63, 3.8) is 0 Å². The number of ether oxygens (including phenoxy) is 2. The molecule has 5 nitrogen and oxygen atoms in total. The van der Waals surface area contributed by atoms with Gasteiger partial charge in [-0.1, -0.05) is 0 Å². The van der Waals surface area contributed by atoms with Crippen LogP contribution in [0.1, 0.15) is 11.7 Å². The largest absolute Gasteiger partial charge is 0.497 e. The Bertz CT molecular complexity index is 497. The summed E-state index contributed by atoms with van der Waals surface area (Å²) >= 11 is 0. The molecule has 0 spiro atoms. The Morgan fingerprint density at radius 2 is 2.17 bits per heavy atom. The zero-order valence-corrected chi connectivity index (χ0v) is 10.4. The molecule has 18 heavy (non-hydrogen) atoms. The van der Waals surface area contributed by atoms with Crippen LogP contribution in [0.4, 0.5) is 0 Å². The highest BCUT2D eigenvalue weighted by Crippen LogP contribution is 2.29. The maximum absolute atomic E-state index is 10.2. The number of methoxy groups -OCH3 is 2. The van der Waals surface area contributed by atoms with Crippen LogP contribution in [0.2, 0.25) is 0 Å². The number of nitrogens with zero attached hydrogens (tertiary/aromatic N) is 2. The van der Waals surface area contributed by atoms with Gasteiger partial charge >= 0.3 is 0 Å². The normalized spacial score (nSPS) is 12.2. The Balaban J connectivity index is 2.24. The summed E-state index contributed by atoms with van der Waals surface area (Å²) in [5.74, 6) is 1.32. The van der Waals surface area contributed by atoms with E-state index >= 15 is 0 Å². The fourth-order valence-electron chi connectivity index (χ4n) is 1.78. The number of aromatic nitrogens is 2. The zero-order chi connectivity index (χ0) is 13.0. The van der Waals surface area contributed by atoms with E-state index in [4.69, 9.17) is 9.47 Å². The van der Waals surface area contributed by atoms with Crippen LogP contribution < -0.4 is 9.47 Å². The topological polar surface area (TPSA) is 56.5 Å². The van der Waals surface area contributed by atoms with E-state index in [0.29, 0.717) is 23.6 Å². The smallest absolute Gasteiger partial charge is 0.125 e. The van der Waals surface area contributed by atoms with Gasteiger partial charge < -0.3 is 14.6 Å². The predicted molar refractivity (Wildman–Crippen MR) is 66.7 cm³/mol. The van der Waals surface area contributed by atoms with Crippen molar-refractivity contribution >= 4 is 0 Å². The lowest BCUT2D eigenvalue weighted by Crippen LogP contribution is -2.10. The monoisotopic (exact) mass is 248 g/mol. The summed E-state index contributed by atoms with van der Waals surface area (Å²) in [6, 6.07) is 7.16. The Labute approximate surface area is 106 Å². The van der Waals surface area contributed by atoms with Crippen LogP contribution in [0.3, 0.4) is 0 Å². The van der Waals surface area contributed by atoms with E-state index in [-0.39, 0.29) is 0 Å². The van der Waals surface area contributed by atoms with E-state index in [1.807, 2.05) is 6.07 Å². The second kappa shape index (κ2) is 5.55. The molecule has 0 aliphatic rings. The molecule has 0 saturated carbocycles. The molecular formula is C13H16N2O3. The number of benzene rings is 1. The van der Waals surface area contributed by atoms with E-state index in [2.05, 4.69) is 5.10 Å². The van der Waals surface area contributed by atoms with Crippen LogP contribution >= 0.6 is 0 Å². The Hall–Kier alpha value is -2.01. The van der Waals surface area contributed by atoms with Crippen LogP contribution in [-0.4, -0.2) is 29.1 Å². The molecular weight excluding hydrogens is 232 g/mol. The van der Waals surface area contributed by atoms with Crippen molar-refractivity contribution in [1.29, 1.82) is 0 Å². The summed E-state index contributed by atoms with van der Waals surface area (Å²) < 4.78 is 12.1. The van der Waals surface area contributed by atoms with Gasteiger partial charge in [-0.25, -0.2) is 0 Å². The average Bonchev–Trinajstić information content (AvgIpc) is 2.90. The van der Waals surface area contributed by atoms with Crippen molar-refractivity contribution in [2.24, 2.45) is 0 Å². The fraction of sp³-hybridized carbons (Fsp3) is 0.308. The first-order valence-corrected chi connectivity index (χ1v) is 5.62. The zero-order valence-electron chi connectivity index (χ0n) is 10.4. The van der Waals surface area contributed by atoms with E-state index in [0.717, 1.165) is 0 Å². The van der Waals surface area contributed by atoms with Crippen LogP contribution in [0, 0.1) is 0 Å². The van der Waals surface area contributed by atoms with E-state index in [1.165, 1.54) is 0 Å². The van der Waals surface area contributed by atoms with Gasteiger partial charge in [0.1, 0.15) is 17.6 Å². The van der Waals surface area contributed by atoms with Gasteiger partial charge in [0.15, 0.2) is 0 Å². The van der Waals surface area contributed by atoms with Crippen LogP contribution in [0.5, 0.6) is 11.5 Å². The standard InChI is InChI=1S/C13H16N2O3/c1-17-10-4-5-13(18-2)11(8-10)12(16)9-15-7-3-6-14-15/h3-8,12,16H,9H2,1-2H3. The van der Waals surface area contributed by atoms with Crippen molar-refractivity contribution in [3.05, 3.63) is 42.2 Å². The third-order valence-electron chi connectivity index (χ3n) is 2.72. The highest BCUT2D eigenvalue weighted by atomic mass is 16.5. The van der Waals surface area contributed by atoms with Crippen LogP contribution in [0.15, 0.2) is 36.7 Å². The SMILES string of the molecule is COc1ccc(OC)c(C(O)Cn2cccn2)c1. The Morgan fingerprint density at radius 1 is 1.33 bits per heavy atom. The number of aliphatic hydroxyl groups is 1. The van der Waals surface area contributed by atoms with Crippen molar-refractivity contribution < 1.29 is 14.6 Å². The van der Waals surface area contributed by atoms with Gasteiger partial charge in [0.05, 0.1) is 20.8 Å². The lowest BCUT2D eigenvalue weighted by atomic mass is 10.1. The molecule has 0 aliphatic heterocycles. The van der Waals surface area contributed by atoms with Crippen molar-refractivity contribution in [1.82, 2.24) is 9.78 Å². The Kier molecular flexibility index (Phi) is 3.84. The summed E-state index contributed by atoms with van der Waals surface area (Å²) in [5.41, 5.74) is 0.687. The van der Waals surface area contributed by atoms with E-state index < -0.39 is 6.10 Å². The number of aliphatic hydroxyl groups excluding tert-OH is 1. The van der Waals surface area contributed by atoms with Crippen molar-refractivity contribution in [3.8, 4) is 11.5 Å². The minimum Gasteiger partial charge on any atom is -0.497 e. The van der Waals surface area contributed by atoms with Gasteiger partial charge in [-0.2, -0.15) is 5.10 Å². The van der Waals surface area contributed by atoms with Gasteiger partial charge in [0.25, 0.3) is 0 Å². The first-order chi connectivity index (χ1) is 8.74. The molecule has 96 valence electrons.